The fourth-order valence-electron chi connectivity index (χ4n) is 3.42. The van der Waals surface area contributed by atoms with Gasteiger partial charge in [-0.15, -0.1) is 0 Å². The van der Waals surface area contributed by atoms with Crippen molar-refractivity contribution in [3.8, 4) is 16.9 Å². The molecule has 0 bridgehead atoms. The van der Waals surface area contributed by atoms with Crippen molar-refractivity contribution in [1.82, 2.24) is 14.8 Å². The van der Waals surface area contributed by atoms with Crippen LogP contribution in [0.4, 0.5) is 14.5 Å². The number of ether oxygens (including phenoxy) is 1. The number of amides is 1. The zero-order valence-electron chi connectivity index (χ0n) is 17.0. The SMILES string of the molecule is Cc1ccc(-c2ccnc3c2c(C)nn3CC(=O)Nc2ccc(OC(F)F)cc2)cc1. The van der Waals surface area contributed by atoms with Crippen molar-refractivity contribution in [2.75, 3.05) is 5.32 Å². The highest BCUT2D eigenvalue weighted by atomic mass is 19.3. The van der Waals surface area contributed by atoms with Crippen LogP contribution in [0, 0.1) is 13.8 Å². The van der Waals surface area contributed by atoms with Crippen LogP contribution in [0.25, 0.3) is 22.2 Å². The number of benzene rings is 2. The third-order valence-corrected chi connectivity index (χ3v) is 4.83. The van der Waals surface area contributed by atoms with Gasteiger partial charge in [0.25, 0.3) is 0 Å². The first-order chi connectivity index (χ1) is 14.9. The number of anilines is 1. The molecule has 6 nitrogen and oxygen atoms in total. The normalized spacial score (nSPS) is 11.1. The van der Waals surface area contributed by atoms with Crippen LogP contribution >= 0.6 is 0 Å². The molecule has 1 N–H and O–H groups in total. The molecule has 0 aliphatic rings. The lowest BCUT2D eigenvalue weighted by Gasteiger charge is -2.08. The summed E-state index contributed by atoms with van der Waals surface area (Å²) in [5, 5.41) is 8.13. The lowest BCUT2D eigenvalue weighted by molar-refractivity contribution is -0.116. The van der Waals surface area contributed by atoms with E-state index < -0.39 is 6.61 Å². The number of rotatable bonds is 6. The number of alkyl halides is 2. The van der Waals surface area contributed by atoms with Gasteiger partial charge in [-0.25, -0.2) is 9.67 Å². The maximum atomic E-state index is 12.5. The van der Waals surface area contributed by atoms with Gasteiger partial charge in [-0.1, -0.05) is 29.8 Å². The number of nitrogens with one attached hydrogen (secondary N) is 1. The molecule has 158 valence electrons. The molecule has 2 aromatic heterocycles. The Balaban J connectivity index is 1.55. The largest absolute Gasteiger partial charge is 0.435 e. The van der Waals surface area contributed by atoms with Gasteiger partial charge in [-0.05, 0) is 55.3 Å². The Bertz CT molecular complexity index is 1220. The molecule has 0 radical (unpaired) electrons. The lowest BCUT2D eigenvalue weighted by Crippen LogP contribution is -2.19. The molecule has 0 fully saturated rings. The van der Waals surface area contributed by atoms with E-state index in [-0.39, 0.29) is 18.2 Å². The monoisotopic (exact) mass is 422 g/mol. The van der Waals surface area contributed by atoms with E-state index in [0.717, 1.165) is 22.2 Å². The number of halogens is 2. The summed E-state index contributed by atoms with van der Waals surface area (Å²) in [6, 6.07) is 15.9. The van der Waals surface area contributed by atoms with Gasteiger partial charge in [-0.3, -0.25) is 4.79 Å². The minimum Gasteiger partial charge on any atom is -0.435 e. The topological polar surface area (TPSA) is 69.0 Å². The summed E-state index contributed by atoms with van der Waals surface area (Å²) in [5.74, 6) is -0.288. The number of carbonyl (C=O) groups excluding carboxylic acids is 1. The van der Waals surface area contributed by atoms with Gasteiger partial charge in [0.15, 0.2) is 5.65 Å². The summed E-state index contributed by atoms with van der Waals surface area (Å²) < 4.78 is 30.4. The van der Waals surface area contributed by atoms with Gasteiger partial charge in [0.1, 0.15) is 12.3 Å². The molecule has 31 heavy (non-hydrogen) atoms. The second-order valence-corrected chi connectivity index (χ2v) is 7.12. The van der Waals surface area contributed by atoms with Crippen LogP contribution in [0.5, 0.6) is 5.75 Å². The number of carbonyl (C=O) groups is 1. The Kier molecular flexibility index (Phi) is 5.62. The van der Waals surface area contributed by atoms with Gasteiger partial charge < -0.3 is 10.1 Å². The summed E-state index contributed by atoms with van der Waals surface area (Å²) in [7, 11) is 0. The quantitative estimate of drug-likeness (QED) is 0.477. The maximum absolute atomic E-state index is 12.5. The first kappa shape index (κ1) is 20.5. The van der Waals surface area contributed by atoms with E-state index in [2.05, 4.69) is 32.3 Å². The highest BCUT2D eigenvalue weighted by Gasteiger charge is 2.16. The average molecular weight is 422 g/mol. The van der Waals surface area contributed by atoms with E-state index >= 15 is 0 Å². The average Bonchev–Trinajstić information content (AvgIpc) is 3.05. The Morgan fingerprint density at radius 3 is 2.45 bits per heavy atom. The summed E-state index contributed by atoms with van der Waals surface area (Å²) >= 11 is 0. The molecule has 4 aromatic rings. The molecule has 0 aliphatic carbocycles. The molecule has 2 aromatic carbocycles. The number of hydrogen-bond acceptors (Lipinski definition) is 4. The molecular weight excluding hydrogens is 402 g/mol. The van der Waals surface area contributed by atoms with E-state index in [1.165, 1.54) is 29.8 Å². The predicted octanol–water partition coefficient (Wildman–Crippen LogP) is 4.96. The van der Waals surface area contributed by atoms with Gasteiger partial charge in [0.05, 0.1) is 5.69 Å². The molecule has 4 rings (SSSR count). The Morgan fingerprint density at radius 1 is 1.06 bits per heavy atom. The zero-order valence-corrected chi connectivity index (χ0v) is 17.0. The number of hydrogen-bond donors (Lipinski definition) is 1. The third-order valence-electron chi connectivity index (χ3n) is 4.83. The van der Waals surface area contributed by atoms with Crippen molar-refractivity contribution in [1.29, 1.82) is 0 Å². The summed E-state index contributed by atoms with van der Waals surface area (Å²) in [6.45, 7) is 0.990. The number of aromatic nitrogens is 3. The van der Waals surface area contributed by atoms with Crippen molar-refractivity contribution in [2.24, 2.45) is 0 Å². The van der Waals surface area contributed by atoms with Gasteiger partial charge in [0.2, 0.25) is 5.91 Å². The maximum Gasteiger partial charge on any atom is 0.387 e. The second kappa shape index (κ2) is 8.51. The number of fused-ring (bicyclic) bond motifs is 1. The van der Waals surface area contributed by atoms with Crippen LogP contribution in [0.15, 0.2) is 60.8 Å². The second-order valence-electron chi connectivity index (χ2n) is 7.12. The van der Waals surface area contributed by atoms with Crippen molar-refractivity contribution in [3.63, 3.8) is 0 Å². The van der Waals surface area contributed by atoms with Crippen molar-refractivity contribution in [3.05, 3.63) is 72.1 Å². The molecule has 1 amide bonds. The lowest BCUT2D eigenvalue weighted by atomic mass is 10.0. The van der Waals surface area contributed by atoms with Gasteiger partial charge in [0, 0.05) is 17.3 Å². The highest BCUT2D eigenvalue weighted by Crippen LogP contribution is 2.30. The number of nitrogens with zero attached hydrogens (tertiary/aromatic N) is 3. The summed E-state index contributed by atoms with van der Waals surface area (Å²) in [4.78, 5) is 17.0. The summed E-state index contributed by atoms with van der Waals surface area (Å²) in [6.07, 6.45) is 1.70. The zero-order chi connectivity index (χ0) is 22.0. The minimum atomic E-state index is -2.89. The molecule has 0 atom stereocenters. The Labute approximate surface area is 177 Å². The first-order valence-corrected chi connectivity index (χ1v) is 9.64. The smallest absolute Gasteiger partial charge is 0.387 e. The van der Waals surface area contributed by atoms with E-state index in [4.69, 9.17) is 0 Å². The van der Waals surface area contributed by atoms with Crippen molar-refractivity contribution >= 4 is 22.6 Å². The fourth-order valence-corrected chi connectivity index (χ4v) is 3.42. The van der Waals surface area contributed by atoms with Crippen molar-refractivity contribution < 1.29 is 18.3 Å². The van der Waals surface area contributed by atoms with E-state index in [0.29, 0.717) is 11.3 Å². The van der Waals surface area contributed by atoms with E-state index in [1.807, 2.05) is 32.0 Å². The van der Waals surface area contributed by atoms with Crippen LogP contribution in [-0.4, -0.2) is 27.3 Å². The highest BCUT2D eigenvalue weighted by molar-refractivity contribution is 5.96. The molecule has 0 saturated heterocycles. The van der Waals surface area contributed by atoms with E-state index in [1.54, 1.807) is 10.9 Å². The molecule has 8 heteroatoms. The predicted molar refractivity (Wildman–Crippen MR) is 114 cm³/mol. The molecule has 0 saturated carbocycles. The standard InChI is InChI=1S/C23H20F2N4O2/c1-14-3-5-16(6-4-14)19-11-12-26-22-21(19)15(2)28-29(22)13-20(30)27-17-7-9-18(10-8-17)31-23(24)25/h3-12,23H,13H2,1-2H3,(H,27,30). The molecule has 0 aliphatic heterocycles. The summed E-state index contributed by atoms with van der Waals surface area (Å²) in [5.41, 5.74) is 5.09. The molecular formula is C23H20F2N4O2. The Hall–Kier alpha value is -3.81. The third kappa shape index (κ3) is 4.53. The van der Waals surface area contributed by atoms with Gasteiger partial charge >= 0.3 is 6.61 Å². The van der Waals surface area contributed by atoms with Crippen LogP contribution in [0.3, 0.4) is 0 Å². The fraction of sp³-hybridized carbons (Fsp3) is 0.174. The molecule has 0 unspecified atom stereocenters. The first-order valence-electron chi connectivity index (χ1n) is 9.64. The number of pyridine rings is 1. The minimum absolute atomic E-state index is 0.0227. The van der Waals surface area contributed by atoms with Crippen molar-refractivity contribution in [2.45, 2.75) is 27.0 Å². The van der Waals surface area contributed by atoms with Gasteiger partial charge in [-0.2, -0.15) is 13.9 Å². The number of aryl methyl sites for hydroxylation is 2. The van der Waals surface area contributed by atoms with Crippen LogP contribution in [0.1, 0.15) is 11.3 Å². The molecule has 2 heterocycles. The van der Waals surface area contributed by atoms with Crippen LogP contribution < -0.4 is 10.1 Å². The Morgan fingerprint density at radius 2 is 1.77 bits per heavy atom. The van der Waals surface area contributed by atoms with Crippen LogP contribution in [-0.2, 0) is 11.3 Å². The van der Waals surface area contributed by atoms with E-state index in [9.17, 15) is 13.6 Å². The van der Waals surface area contributed by atoms with Crippen LogP contribution in [0.2, 0.25) is 0 Å². The molecule has 0 spiro atoms.